The zero-order chi connectivity index (χ0) is 19.6. The first-order chi connectivity index (χ1) is 13.0. The van der Waals surface area contributed by atoms with Gasteiger partial charge in [-0.05, 0) is 13.8 Å². The molecule has 0 radical (unpaired) electrons. The SMILES string of the molecule is C/C=C(\C)C(=O)Oc1c(O)cc(O)c2c1OC(c1ccccc1)=C(OC)C2. The molecule has 0 fully saturated rings. The predicted molar refractivity (Wildman–Crippen MR) is 99.5 cm³/mol. The molecule has 1 aliphatic rings. The maximum absolute atomic E-state index is 12.2. The fourth-order valence-corrected chi connectivity index (χ4v) is 2.69. The zero-order valence-corrected chi connectivity index (χ0v) is 15.3. The molecule has 1 aliphatic heterocycles. The fourth-order valence-electron chi connectivity index (χ4n) is 2.69. The summed E-state index contributed by atoms with van der Waals surface area (Å²) in [7, 11) is 1.51. The second-order valence-electron chi connectivity index (χ2n) is 6.01. The number of phenols is 2. The first-order valence-corrected chi connectivity index (χ1v) is 8.39. The lowest BCUT2D eigenvalue weighted by Gasteiger charge is -2.25. The van der Waals surface area contributed by atoms with Gasteiger partial charge in [0, 0.05) is 29.2 Å². The van der Waals surface area contributed by atoms with Gasteiger partial charge in [0.05, 0.1) is 7.11 Å². The summed E-state index contributed by atoms with van der Waals surface area (Å²) in [6.45, 7) is 3.31. The number of phenolic OH excluding ortho intramolecular Hbond substituents is 2. The molecule has 0 saturated carbocycles. The van der Waals surface area contributed by atoms with Crippen LogP contribution in [0.2, 0.25) is 0 Å². The number of hydrogen-bond acceptors (Lipinski definition) is 6. The minimum atomic E-state index is -0.618. The minimum Gasteiger partial charge on any atom is -0.507 e. The highest BCUT2D eigenvalue weighted by Gasteiger charge is 2.31. The Morgan fingerprint density at radius 2 is 1.89 bits per heavy atom. The van der Waals surface area contributed by atoms with Crippen molar-refractivity contribution < 1.29 is 29.2 Å². The second-order valence-corrected chi connectivity index (χ2v) is 6.01. The Bertz CT molecular complexity index is 941. The lowest BCUT2D eigenvalue weighted by molar-refractivity contribution is -0.130. The number of esters is 1. The highest BCUT2D eigenvalue weighted by atomic mass is 16.6. The molecule has 140 valence electrons. The van der Waals surface area contributed by atoms with Gasteiger partial charge < -0.3 is 24.4 Å². The van der Waals surface area contributed by atoms with Gasteiger partial charge in [-0.2, -0.15) is 0 Å². The Labute approximate surface area is 156 Å². The highest BCUT2D eigenvalue weighted by Crippen LogP contribution is 2.49. The number of rotatable bonds is 4. The van der Waals surface area contributed by atoms with Gasteiger partial charge in [-0.15, -0.1) is 0 Å². The molecule has 0 aliphatic carbocycles. The highest BCUT2D eigenvalue weighted by molar-refractivity contribution is 5.90. The van der Waals surface area contributed by atoms with Gasteiger partial charge in [-0.1, -0.05) is 36.4 Å². The van der Waals surface area contributed by atoms with Crippen LogP contribution in [0.5, 0.6) is 23.0 Å². The molecule has 2 aromatic rings. The molecule has 3 rings (SSSR count). The third kappa shape index (κ3) is 3.46. The molecule has 0 atom stereocenters. The lowest BCUT2D eigenvalue weighted by atomic mass is 10.0. The van der Waals surface area contributed by atoms with Crippen molar-refractivity contribution in [3.8, 4) is 23.0 Å². The number of carbonyl (C=O) groups is 1. The summed E-state index contributed by atoms with van der Waals surface area (Å²) in [6, 6.07) is 10.4. The van der Waals surface area contributed by atoms with Crippen LogP contribution in [0.25, 0.3) is 5.76 Å². The standard InChI is InChI=1S/C21H20O6/c1-4-12(2)21(24)27-20-16(23)11-15(22)14-10-17(25-3)18(26-19(14)20)13-8-6-5-7-9-13/h4-9,11,22-23H,10H2,1-3H3/b12-4+. The van der Waals surface area contributed by atoms with Gasteiger partial charge in [0.1, 0.15) is 11.5 Å². The van der Waals surface area contributed by atoms with Crippen LogP contribution >= 0.6 is 0 Å². The van der Waals surface area contributed by atoms with E-state index in [1.165, 1.54) is 7.11 Å². The molecular weight excluding hydrogens is 348 g/mol. The van der Waals surface area contributed by atoms with E-state index in [2.05, 4.69) is 0 Å². The monoisotopic (exact) mass is 368 g/mol. The van der Waals surface area contributed by atoms with Crippen LogP contribution in [0.4, 0.5) is 0 Å². The second kappa shape index (κ2) is 7.45. The van der Waals surface area contributed by atoms with E-state index < -0.39 is 11.7 Å². The van der Waals surface area contributed by atoms with Crippen LogP contribution < -0.4 is 9.47 Å². The Morgan fingerprint density at radius 1 is 1.19 bits per heavy atom. The average molecular weight is 368 g/mol. The zero-order valence-electron chi connectivity index (χ0n) is 15.3. The summed E-state index contributed by atoms with van der Waals surface area (Å²) < 4.78 is 16.8. The molecule has 27 heavy (non-hydrogen) atoms. The molecule has 2 aromatic carbocycles. The summed E-state index contributed by atoms with van der Waals surface area (Å²) in [5.41, 5.74) is 1.50. The Balaban J connectivity index is 2.11. The van der Waals surface area contributed by atoms with Gasteiger partial charge in [0.15, 0.2) is 17.3 Å². The smallest absolute Gasteiger partial charge is 0.339 e. The lowest BCUT2D eigenvalue weighted by Crippen LogP contribution is -2.15. The van der Waals surface area contributed by atoms with Crippen molar-refractivity contribution in [2.45, 2.75) is 20.3 Å². The van der Waals surface area contributed by atoms with Crippen LogP contribution in [0, 0.1) is 0 Å². The third-order valence-electron chi connectivity index (χ3n) is 4.32. The topological polar surface area (TPSA) is 85.2 Å². The summed E-state index contributed by atoms with van der Waals surface area (Å²) in [5.74, 6) is -0.301. The van der Waals surface area contributed by atoms with E-state index in [1.54, 1.807) is 19.9 Å². The molecule has 0 amide bonds. The van der Waals surface area contributed by atoms with Crippen LogP contribution in [-0.4, -0.2) is 23.3 Å². The molecule has 2 N–H and O–H groups in total. The van der Waals surface area contributed by atoms with E-state index in [9.17, 15) is 15.0 Å². The summed E-state index contributed by atoms with van der Waals surface area (Å²) >= 11 is 0. The van der Waals surface area contributed by atoms with Crippen molar-refractivity contribution in [3.63, 3.8) is 0 Å². The number of methoxy groups -OCH3 is 1. The van der Waals surface area contributed by atoms with E-state index in [0.717, 1.165) is 11.6 Å². The average Bonchev–Trinajstić information content (AvgIpc) is 2.69. The number of ether oxygens (including phenoxy) is 3. The molecule has 0 bridgehead atoms. The van der Waals surface area contributed by atoms with Gasteiger partial charge in [-0.3, -0.25) is 0 Å². The van der Waals surface area contributed by atoms with Crippen LogP contribution in [-0.2, 0) is 16.0 Å². The van der Waals surface area contributed by atoms with E-state index in [1.807, 2.05) is 30.3 Å². The Kier molecular flexibility index (Phi) is 5.07. The largest absolute Gasteiger partial charge is 0.507 e. The number of benzene rings is 2. The molecule has 0 aromatic heterocycles. The van der Waals surface area contributed by atoms with Crippen molar-refractivity contribution in [3.05, 3.63) is 64.9 Å². The third-order valence-corrected chi connectivity index (χ3v) is 4.32. The van der Waals surface area contributed by atoms with Crippen LogP contribution in [0.15, 0.2) is 53.8 Å². The van der Waals surface area contributed by atoms with Crippen LogP contribution in [0.1, 0.15) is 25.0 Å². The minimum absolute atomic E-state index is 0.0874. The normalized spacial score (nSPS) is 13.7. The maximum atomic E-state index is 12.2. The molecule has 6 nitrogen and oxygen atoms in total. The maximum Gasteiger partial charge on any atom is 0.339 e. The first kappa shape index (κ1) is 18.4. The van der Waals surface area contributed by atoms with E-state index >= 15 is 0 Å². The number of aromatic hydroxyl groups is 2. The van der Waals surface area contributed by atoms with Crippen LogP contribution in [0.3, 0.4) is 0 Å². The van der Waals surface area contributed by atoms with Crippen molar-refractivity contribution in [1.29, 1.82) is 0 Å². The molecule has 0 spiro atoms. The van der Waals surface area contributed by atoms with Gasteiger partial charge in [0.2, 0.25) is 5.75 Å². The molecule has 6 heteroatoms. The number of allylic oxidation sites excluding steroid dienone is 2. The molecular formula is C21H20O6. The molecule has 1 heterocycles. The van der Waals surface area contributed by atoms with Crippen molar-refractivity contribution >= 4 is 11.7 Å². The summed E-state index contributed by atoms with van der Waals surface area (Å²) in [6.07, 6.45) is 1.82. The summed E-state index contributed by atoms with van der Waals surface area (Å²) in [5, 5.41) is 20.5. The quantitative estimate of drug-likeness (QED) is 0.483. The van der Waals surface area contributed by atoms with Crippen molar-refractivity contribution in [1.82, 2.24) is 0 Å². The molecule has 0 unspecified atom stereocenters. The van der Waals surface area contributed by atoms with Gasteiger partial charge in [-0.25, -0.2) is 4.79 Å². The first-order valence-electron chi connectivity index (χ1n) is 8.39. The Morgan fingerprint density at radius 3 is 2.52 bits per heavy atom. The van der Waals surface area contributed by atoms with E-state index in [-0.39, 0.29) is 23.7 Å². The number of carbonyl (C=O) groups excluding carboxylic acids is 1. The van der Waals surface area contributed by atoms with Crippen molar-refractivity contribution in [2.24, 2.45) is 0 Å². The van der Waals surface area contributed by atoms with Gasteiger partial charge in [0.25, 0.3) is 0 Å². The van der Waals surface area contributed by atoms with Crippen molar-refractivity contribution in [2.75, 3.05) is 7.11 Å². The molecule has 0 saturated heterocycles. The predicted octanol–water partition coefficient (Wildman–Crippen LogP) is 3.92. The fraction of sp³-hybridized carbons (Fsp3) is 0.190. The van der Waals surface area contributed by atoms with E-state index in [0.29, 0.717) is 22.7 Å². The number of fused-ring (bicyclic) bond motifs is 1. The van der Waals surface area contributed by atoms with Gasteiger partial charge >= 0.3 is 5.97 Å². The van der Waals surface area contributed by atoms with E-state index in [4.69, 9.17) is 14.2 Å². The number of hydrogen-bond donors (Lipinski definition) is 2. The Hall–Kier alpha value is -3.41. The summed E-state index contributed by atoms with van der Waals surface area (Å²) in [4.78, 5) is 12.2.